The molecule has 2 heterocycles. The van der Waals surface area contributed by atoms with Gasteiger partial charge in [0.15, 0.2) is 11.5 Å². The van der Waals surface area contributed by atoms with Gasteiger partial charge in [-0.15, -0.1) is 0 Å². The van der Waals surface area contributed by atoms with Crippen LogP contribution < -0.4 is 11.1 Å². The van der Waals surface area contributed by atoms with Crippen LogP contribution in [0.5, 0.6) is 0 Å². The molecular formula is C21H21N5O6. The fourth-order valence-corrected chi connectivity index (χ4v) is 3.15. The Kier molecular flexibility index (Phi) is 6.88. The van der Waals surface area contributed by atoms with Gasteiger partial charge in [-0.05, 0) is 30.7 Å². The number of aliphatic carboxylic acids is 2. The molecule has 0 radical (unpaired) electrons. The number of Topliss-reactive ketones (excluding diaryl/α,β-unsaturated/α-hetero) is 1. The first-order chi connectivity index (χ1) is 15.2. The summed E-state index contributed by atoms with van der Waals surface area (Å²) in [6.07, 6.45) is 1.11. The smallest absolute Gasteiger partial charge is 0.306 e. The maximum atomic E-state index is 12.4. The standard InChI is InChI=1S/C21H21N5O6/c22-17-8-15-19(20(30)26-17)25-14(10-24-15)9-23-13-4-1-11(2-5-13)16(27)7-12(21(31)32)3-6-18(28)29/h1-2,4-5,10,12,23H,3,6-9H2,(H,28,29)(H,31,32)(H2,22,26,30)/t12-/m1/s1. The number of amidine groups is 1. The van der Waals surface area contributed by atoms with E-state index in [0.717, 1.165) is 0 Å². The first-order valence-corrected chi connectivity index (χ1v) is 9.77. The first kappa shape index (κ1) is 22.5. The van der Waals surface area contributed by atoms with Crippen molar-refractivity contribution in [3.63, 3.8) is 0 Å². The van der Waals surface area contributed by atoms with Crippen molar-refractivity contribution in [1.82, 2.24) is 9.97 Å². The number of aliphatic imine (C=N–C) groups is 1. The number of fused-ring (bicyclic) bond motifs is 1. The van der Waals surface area contributed by atoms with E-state index in [1.165, 1.54) is 0 Å². The summed E-state index contributed by atoms with van der Waals surface area (Å²) in [6.45, 7) is 0.274. The molecule has 0 fully saturated rings. The molecular weight excluding hydrogens is 418 g/mol. The number of nitrogens with one attached hydrogen (secondary N) is 1. The fourth-order valence-electron chi connectivity index (χ4n) is 3.15. The van der Waals surface area contributed by atoms with Crippen molar-refractivity contribution in [3.05, 3.63) is 53.1 Å². The highest BCUT2D eigenvalue weighted by molar-refractivity contribution is 6.06. The van der Waals surface area contributed by atoms with E-state index >= 15 is 0 Å². The minimum absolute atomic E-state index is 0.113. The van der Waals surface area contributed by atoms with E-state index in [1.54, 1.807) is 30.5 Å². The van der Waals surface area contributed by atoms with Crippen LogP contribution in [0, 0.1) is 5.92 Å². The molecule has 1 amide bonds. The third-order valence-electron chi connectivity index (χ3n) is 4.86. The average molecular weight is 439 g/mol. The highest BCUT2D eigenvalue weighted by atomic mass is 16.4. The molecule has 11 heteroatoms. The van der Waals surface area contributed by atoms with Gasteiger partial charge < -0.3 is 21.3 Å². The minimum Gasteiger partial charge on any atom is -0.481 e. The monoisotopic (exact) mass is 439 g/mol. The van der Waals surface area contributed by atoms with E-state index in [9.17, 15) is 24.3 Å². The number of carboxylic acids is 2. The average Bonchev–Trinajstić information content (AvgIpc) is 2.75. The van der Waals surface area contributed by atoms with Gasteiger partial charge in [0.25, 0.3) is 5.91 Å². The second-order valence-electron chi connectivity index (χ2n) is 7.27. The number of nitrogens with two attached hydrogens (primary N) is 1. The zero-order valence-corrected chi connectivity index (χ0v) is 16.9. The summed E-state index contributed by atoms with van der Waals surface area (Å²) in [6, 6.07) is 6.42. The van der Waals surface area contributed by atoms with Crippen molar-refractivity contribution in [2.75, 3.05) is 5.32 Å². The number of carbonyl (C=O) groups excluding carboxylic acids is 2. The van der Waals surface area contributed by atoms with Gasteiger partial charge in [0.05, 0.1) is 36.5 Å². The van der Waals surface area contributed by atoms with Gasteiger partial charge in [-0.3, -0.25) is 24.2 Å². The van der Waals surface area contributed by atoms with Crippen LogP contribution >= 0.6 is 0 Å². The normalized spacial score (nSPS) is 13.6. The Hall–Kier alpha value is -4.15. The molecule has 5 N–H and O–H groups in total. The van der Waals surface area contributed by atoms with Gasteiger partial charge in [0.2, 0.25) is 0 Å². The van der Waals surface area contributed by atoms with Crippen molar-refractivity contribution in [2.24, 2.45) is 16.6 Å². The number of ketones is 1. The summed E-state index contributed by atoms with van der Waals surface area (Å²) in [5.74, 6) is -4.06. The van der Waals surface area contributed by atoms with Crippen LogP contribution in [0.25, 0.3) is 0 Å². The lowest BCUT2D eigenvalue weighted by Crippen LogP contribution is -2.26. The number of nitrogens with zero attached hydrogens (tertiary/aromatic N) is 3. The molecule has 1 aliphatic heterocycles. The molecule has 11 nitrogen and oxygen atoms in total. The SMILES string of the molecule is NC1=NC(=O)c2nc(CNc3ccc(C(=O)C[C@@H](CCC(=O)O)C(=O)O)cc3)cnc2C1. The predicted octanol–water partition coefficient (Wildman–Crippen LogP) is 1.28. The first-order valence-electron chi connectivity index (χ1n) is 9.77. The largest absolute Gasteiger partial charge is 0.481 e. The van der Waals surface area contributed by atoms with Crippen molar-refractivity contribution in [1.29, 1.82) is 0 Å². The fraction of sp³-hybridized carbons (Fsp3) is 0.286. The molecule has 0 saturated carbocycles. The highest BCUT2D eigenvalue weighted by Gasteiger charge is 2.23. The van der Waals surface area contributed by atoms with Crippen LogP contribution in [0.3, 0.4) is 0 Å². The van der Waals surface area contributed by atoms with Gasteiger partial charge in [0.1, 0.15) is 5.84 Å². The number of hydrogen-bond acceptors (Lipinski definition) is 8. The Bertz CT molecular complexity index is 1100. The maximum absolute atomic E-state index is 12.4. The summed E-state index contributed by atoms with van der Waals surface area (Å²) >= 11 is 0. The molecule has 0 aliphatic carbocycles. The zero-order valence-electron chi connectivity index (χ0n) is 16.9. The second-order valence-corrected chi connectivity index (χ2v) is 7.27. The van der Waals surface area contributed by atoms with E-state index < -0.39 is 23.8 Å². The van der Waals surface area contributed by atoms with Crippen LogP contribution in [0.2, 0.25) is 0 Å². The Balaban J connectivity index is 1.59. The Morgan fingerprint density at radius 1 is 1.16 bits per heavy atom. The summed E-state index contributed by atoms with van der Waals surface area (Å²) in [5.41, 5.74) is 7.77. The van der Waals surface area contributed by atoms with Gasteiger partial charge in [-0.1, -0.05) is 0 Å². The molecule has 166 valence electrons. The third kappa shape index (κ3) is 5.72. The van der Waals surface area contributed by atoms with Crippen LogP contribution in [0.1, 0.15) is 51.5 Å². The topological polar surface area (TPSA) is 185 Å². The molecule has 0 unspecified atom stereocenters. The lowest BCUT2D eigenvalue weighted by atomic mass is 9.94. The number of amides is 1. The second kappa shape index (κ2) is 9.77. The number of rotatable bonds is 10. The van der Waals surface area contributed by atoms with Crippen LogP contribution in [-0.2, 0) is 22.6 Å². The maximum Gasteiger partial charge on any atom is 0.306 e. The van der Waals surface area contributed by atoms with E-state index in [1.807, 2.05) is 0 Å². The molecule has 1 aliphatic rings. The molecule has 3 rings (SSSR count). The number of benzene rings is 1. The number of anilines is 1. The number of carboxylic acid groups (broad SMARTS) is 2. The van der Waals surface area contributed by atoms with Gasteiger partial charge in [-0.2, -0.15) is 4.99 Å². The number of hydrogen-bond donors (Lipinski definition) is 4. The molecule has 32 heavy (non-hydrogen) atoms. The van der Waals surface area contributed by atoms with Gasteiger partial charge in [0, 0.05) is 24.1 Å². The van der Waals surface area contributed by atoms with Crippen molar-refractivity contribution in [3.8, 4) is 0 Å². The minimum atomic E-state index is -1.20. The van der Waals surface area contributed by atoms with Crippen molar-refractivity contribution < 1.29 is 29.4 Å². The third-order valence-corrected chi connectivity index (χ3v) is 4.86. The van der Waals surface area contributed by atoms with E-state index in [0.29, 0.717) is 22.6 Å². The highest BCUT2D eigenvalue weighted by Crippen LogP contribution is 2.18. The Labute approximate surface area is 182 Å². The van der Waals surface area contributed by atoms with Crippen LogP contribution in [0.4, 0.5) is 5.69 Å². The van der Waals surface area contributed by atoms with Gasteiger partial charge >= 0.3 is 11.9 Å². The Morgan fingerprint density at radius 3 is 2.53 bits per heavy atom. The van der Waals surface area contributed by atoms with E-state index in [2.05, 4.69) is 20.3 Å². The molecule has 0 spiro atoms. The summed E-state index contributed by atoms with van der Waals surface area (Å²) in [5, 5.41) is 21.0. The summed E-state index contributed by atoms with van der Waals surface area (Å²) in [7, 11) is 0. The lowest BCUT2D eigenvalue weighted by molar-refractivity contribution is -0.142. The van der Waals surface area contributed by atoms with E-state index in [-0.39, 0.29) is 49.5 Å². The Morgan fingerprint density at radius 2 is 1.88 bits per heavy atom. The molecule has 2 aromatic rings. The number of aromatic nitrogens is 2. The van der Waals surface area contributed by atoms with Gasteiger partial charge in [-0.25, -0.2) is 4.98 Å². The predicted molar refractivity (Wildman–Crippen MR) is 112 cm³/mol. The zero-order chi connectivity index (χ0) is 23.3. The van der Waals surface area contributed by atoms with Crippen LogP contribution in [-0.4, -0.2) is 49.6 Å². The van der Waals surface area contributed by atoms with Crippen molar-refractivity contribution in [2.45, 2.75) is 32.2 Å². The molecule has 0 bridgehead atoms. The molecule has 1 atom stereocenters. The number of carbonyl (C=O) groups is 4. The van der Waals surface area contributed by atoms with E-state index in [4.69, 9.17) is 10.8 Å². The molecule has 1 aromatic heterocycles. The summed E-state index contributed by atoms with van der Waals surface area (Å²) in [4.78, 5) is 58.5. The van der Waals surface area contributed by atoms with Crippen molar-refractivity contribution >= 4 is 35.2 Å². The molecule has 1 aromatic carbocycles. The molecule has 0 saturated heterocycles. The summed E-state index contributed by atoms with van der Waals surface area (Å²) < 4.78 is 0. The quantitative estimate of drug-likeness (QED) is 0.393. The van der Waals surface area contributed by atoms with Crippen LogP contribution in [0.15, 0.2) is 35.5 Å². The lowest BCUT2D eigenvalue weighted by Gasteiger charge is -2.13.